The smallest absolute Gasteiger partial charge is 0.227 e. The molecule has 29 heavy (non-hydrogen) atoms. The van der Waals surface area contributed by atoms with E-state index in [-0.39, 0.29) is 17.9 Å². The summed E-state index contributed by atoms with van der Waals surface area (Å²) < 4.78 is 29.1. The molecular formula is C22H20ClF2N3O. The Morgan fingerprint density at radius 2 is 1.83 bits per heavy atom. The van der Waals surface area contributed by atoms with Crippen molar-refractivity contribution in [1.82, 2.24) is 9.55 Å². The molecule has 5 atom stereocenters. The van der Waals surface area contributed by atoms with Crippen LogP contribution in [0.2, 0.25) is 5.02 Å². The summed E-state index contributed by atoms with van der Waals surface area (Å²) >= 11 is 5.89. The number of rotatable bonds is 4. The molecule has 2 fully saturated rings. The molecule has 7 heteroatoms. The fourth-order valence-corrected chi connectivity index (χ4v) is 5.24. The highest BCUT2D eigenvalue weighted by Gasteiger charge is 2.59. The second-order valence-electron chi connectivity index (χ2n) is 8.22. The molecule has 1 heterocycles. The van der Waals surface area contributed by atoms with Crippen molar-refractivity contribution >= 4 is 34.2 Å². The molecule has 0 bridgehead atoms. The molecule has 2 aliphatic rings. The van der Waals surface area contributed by atoms with Crippen LogP contribution in [0.25, 0.3) is 11.0 Å². The van der Waals surface area contributed by atoms with Gasteiger partial charge in [-0.25, -0.2) is 13.8 Å². The standard InChI is InChI=1S/C22H20ClF2N3O/c1-11(22(29)27-13-4-2-12(23)3-5-13)21-15-6-14(7-16(15)21)28-10-26-19-8-17(24)18(25)9-20(19)28/h2-5,8-11,14-16,21H,6-7H2,1H3,(H,27,29)/t11-,14?,15-,16+,21?/m0/s1. The number of fused-ring (bicyclic) bond motifs is 2. The number of aromatic nitrogens is 2. The number of imidazole rings is 1. The zero-order chi connectivity index (χ0) is 20.3. The van der Waals surface area contributed by atoms with Crippen LogP contribution >= 0.6 is 11.6 Å². The third kappa shape index (κ3) is 3.19. The van der Waals surface area contributed by atoms with Crippen molar-refractivity contribution in [3.8, 4) is 0 Å². The number of nitrogens with one attached hydrogen (secondary N) is 1. The third-order valence-electron chi connectivity index (χ3n) is 6.60. The first kappa shape index (κ1) is 18.6. The van der Waals surface area contributed by atoms with Gasteiger partial charge in [0.15, 0.2) is 11.6 Å². The van der Waals surface area contributed by atoms with E-state index in [4.69, 9.17) is 11.6 Å². The SMILES string of the molecule is C[C@H](C(=O)Nc1ccc(Cl)cc1)C1[C@H]2CC(n3cnc4cc(F)c(F)cc43)C[C@@H]12. The van der Waals surface area contributed by atoms with Gasteiger partial charge < -0.3 is 9.88 Å². The summed E-state index contributed by atoms with van der Waals surface area (Å²) in [4.78, 5) is 16.9. The van der Waals surface area contributed by atoms with Gasteiger partial charge >= 0.3 is 0 Å². The minimum atomic E-state index is -0.877. The third-order valence-corrected chi connectivity index (χ3v) is 6.85. The molecule has 2 unspecified atom stereocenters. The van der Waals surface area contributed by atoms with E-state index >= 15 is 0 Å². The maximum atomic E-state index is 13.7. The lowest BCUT2D eigenvalue weighted by Gasteiger charge is -2.20. The van der Waals surface area contributed by atoms with Crippen LogP contribution in [0.4, 0.5) is 14.5 Å². The van der Waals surface area contributed by atoms with Crippen LogP contribution in [-0.2, 0) is 4.79 Å². The molecular weight excluding hydrogens is 396 g/mol. The second kappa shape index (κ2) is 6.80. The minimum Gasteiger partial charge on any atom is -0.327 e. The number of halogens is 3. The largest absolute Gasteiger partial charge is 0.327 e. The number of hydrogen-bond donors (Lipinski definition) is 1. The lowest BCUT2D eigenvalue weighted by atomic mass is 9.96. The monoisotopic (exact) mass is 415 g/mol. The second-order valence-corrected chi connectivity index (χ2v) is 8.66. The topological polar surface area (TPSA) is 46.9 Å². The first-order chi connectivity index (χ1) is 13.9. The van der Waals surface area contributed by atoms with Crippen molar-refractivity contribution in [1.29, 1.82) is 0 Å². The van der Waals surface area contributed by atoms with Crippen LogP contribution in [0.3, 0.4) is 0 Å². The average Bonchev–Trinajstić information content (AvgIpc) is 3.02. The number of carbonyl (C=O) groups excluding carboxylic acids is 1. The predicted molar refractivity (Wildman–Crippen MR) is 108 cm³/mol. The molecule has 2 aromatic carbocycles. The number of nitrogens with zero attached hydrogens (tertiary/aromatic N) is 2. The van der Waals surface area contributed by atoms with Crippen LogP contribution in [0, 0.1) is 35.3 Å². The minimum absolute atomic E-state index is 0.0221. The normalized spacial score (nSPS) is 26.3. The van der Waals surface area contributed by atoms with Crippen LogP contribution in [-0.4, -0.2) is 15.5 Å². The first-order valence-electron chi connectivity index (χ1n) is 9.80. The molecule has 1 N–H and O–H groups in total. The van der Waals surface area contributed by atoms with Crippen molar-refractivity contribution in [2.45, 2.75) is 25.8 Å². The van der Waals surface area contributed by atoms with Gasteiger partial charge in [-0.1, -0.05) is 18.5 Å². The number of carbonyl (C=O) groups is 1. The molecule has 0 radical (unpaired) electrons. The Hall–Kier alpha value is -2.47. The van der Waals surface area contributed by atoms with Gasteiger partial charge in [0, 0.05) is 34.8 Å². The summed E-state index contributed by atoms with van der Waals surface area (Å²) in [5, 5.41) is 3.60. The zero-order valence-electron chi connectivity index (χ0n) is 15.8. The summed E-state index contributed by atoms with van der Waals surface area (Å²) in [5.74, 6) is -0.461. The molecule has 150 valence electrons. The molecule has 1 aromatic heterocycles. The Morgan fingerprint density at radius 3 is 2.52 bits per heavy atom. The van der Waals surface area contributed by atoms with Gasteiger partial charge in [-0.2, -0.15) is 0 Å². The van der Waals surface area contributed by atoms with Gasteiger partial charge in [0.05, 0.1) is 17.4 Å². The fourth-order valence-electron chi connectivity index (χ4n) is 5.11. The predicted octanol–water partition coefficient (Wildman–Crippen LogP) is 5.44. The van der Waals surface area contributed by atoms with Gasteiger partial charge in [-0.05, 0) is 54.9 Å². The lowest BCUT2D eigenvalue weighted by Crippen LogP contribution is -2.24. The number of benzene rings is 2. The van der Waals surface area contributed by atoms with Crippen molar-refractivity contribution in [2.24, 2.45) is 23.7 Å². The van der Waals surface area contributed by atoms with Crippen molar-refractivity contribution in [2.75, 3.05) is 5.32 Å². The Labute approximate surface area is 171 Å². The average molecular weight is 416 g/mol. The Kier molecular flexibility index (Phi) is 4.35. The summed E-state index contributed by atoms with van der Waals surface area (Å²) in [7, 11) is 0. The molecule has 3 aromatic rings. The molecule has 2 saturated carbocycles. The van der Waals surface area contributed by atoms with E-state index in [1.807, 2.05) is 11.5 Å². The maximum Gasteiger partial charge on any atom is 0.227 e. The Morgan fingerprint density at radius 1 is 1.17 bits per heavy atom. The maximum absolute atomic E-state index is 13.7. The highest BCUT2D eigenvalue weighted by Crippen LogP contribution is 2.64. The van der Waals surface area contributed by atoms with Crippen molar-refractivity contribution in [3.63, 3.8) is 0 Å². The van der Waals surface area contributed by atoms with Gasteiger partial charge in [0.2, 0.25) is 5.91 Å². The van der Waals surface area contributed by atoms with E-state index < -0.39 is 11.6 Å². The molecule has 2 aliphatic carbocycles. The number of anilines is 1. The number of hydrogen-bond acceptors (Lipinski definition) is 2. The summed E-state index contributed by atoms with van der Waals surface area (Å²) in [6.07, 6.45) is 3.53. The van der Waals surface area contributed by atoms with Crippen LogP contribution in [0.5, 0.6) is 0 Å². The Balaban J connectivity index is 1.25. The van der Waals surface area contributed by atoms with E-state index in [1.54, 1.807) is 30.6 Å². The highest BCUT2D eigenvalue weighted by atomic mass is 35.5. The van der Waals surface area contributed by atoms with Crippen LogP contribution in [0.15, 0.2) is 42.7 Å². The summed E-state index contributed by atoms with van der Waals surface area (Å²) in [6, 6.07) is 9.67. The molecule has 4 nitrogen and oxygen atoms in total. The highest BCUT2D eigenvalue weighted by molar-refractivity contribution is 6.30. The van der Waals surface area contributed by atoms with E-state index in [9.17, 15) is 13.6 Å². The van der Waals surface area contributed by atoms with Gasteiger partial charge in [-0.3, -0.25) is 4.79 Å². The lowest BCUT2D eigenvalue weighted by molar-refractivity contribution is -0.120. The summed E-state index contributed by atoms with van der Waals surface area (Å²) in [6.45, 7) is 1.98. The molecule has 0 spiro atoms. The zero-order valence-corrected chi connectivity index (χ0v) is 16.5. The van der Waals surface area contributed by atoms with E-state index in [1.165, 1.54) is 6.07 Å². The van der Waals surface area contributed by atoms with Crippen LogP contribution < -0.4 is 5.32 Å². The molecule has 1 amide bonds. The van der Waals surface area contributed by atoms with Crippen molar-refractivity contribution in [3.05, 3.63) is 59.4 Å². The van der Waals surface area contributed by atoms with E-state index in [0.29, 0.717) is 33.8 Å². The fraction of sp³-hybridized carbons (Fsp3) is 0.364. The molecule has 5 rings (SSSR count). The van der Waals surface area contributed by atoms with Gasteiger partial charge in [-0.15, -0.1) is 0 Å². The van der Waals surface area contributed by atoms with E-state index in [2.05, 4.69) is 10.3 Å². The van der Waals surface area contributed by atoms with Crippen LogP contribution in [0.1, 0.15) is 25.8 Å². The van der Waals surface area contributed by atoms with Gasteiger partial charge in [0.1, 0.15) is 0 Å². The van der Waals surface area contributed by atoms with Crippen molar-refractivity contribution < 1.29 is 13.6 Å². The quantitative estimate of drug-likeness (QED) is 0.616. The molecule has 0 saturated heterocycles. The first-order valence-corrected chi connectivity index (χ1v) is 10.2. The van der Waals surface area contributed by atoms with Gasteiger partial charge in [0.25, 0.3) is 0 Å². The Bertz CT molecular complexity index is 1090. The summed E-state index contributed by atoms with van der Waals surface area (Å²) in [5.41, 5.74) is 1.84. The molecule has 0 aliphatic heterocycles. The number of amides is 1. The van der Waals surface area contributed by atoms with E-state index in [0.717, 1.165) is 24.6 Å².